The van der Waals surface area contributed by atoms with Gasteiger partial charge >= 0.3 is 0 Å². The van der Waals surface area contributed by atoms with Gasteiger partial charge in [-0.05, 0) is 43.7 Å². The topological polar surface area (TPSA) is 64.3 Å². The van der Waals surface area contributed by atoms with Gasteiger partial charge in [-0.3, -0.25) is 4.79 Å². The number of ether oxygens (including phenoxy) is 1. The van der Waals surface area contributed by atoms with E-state index in [4.69, 9.17) is 10.5 Å². The number of amides is 1. The number of aryl methyl sites for hydroxylation is 1. The summed E-state index contributed by atoms with van der Waals surface area (Å²) in [6, 6.07) is 7.81. The third-order valence-corrected chi connectivity index (χ3v) is 4.04. The summed E-state index contributed by atoms with van der Waals surface area (Å²) < 4.78 is 5.63. The monoisotopic (exact) mass is 276 g/mol. The van der Waals surface area contributed by atoms with Gasteiger partial charge in [0, 0.05) is 6.54 Å². The molecule has 1 aromatic carbocycles. The molecule has 110 valence electrons. The normalized spacial score (nSPS) is 17.4. The molecule has 1 aromatic rings. The van der Waals surface area contributed by atoms with Gasteiger partial charge in [0.25, 0.3) is 5.91 Å². The van der Waals surface area contributed by atoms with Crippen molar-refractivity contribution in [1.29, 1.82) is 0 Å². The SMILES string of the molecule is CCc1ccccc1OCC(=O)NC(C)(CN)C1CC1. The molecular formula is C16H24N2O2. The lowest BCUT2D eigenvalue weighted by atomic mass is 9.96. The van der Waals surface area contributed by atoms with E-state index in [9.17, 15) is 4.79 Å². The first-order valence-corrected chi connectivity index (χ1v) is 7.31. The molecule has 0 bridgehead atoms. The van der Waals surface area contributed by atoms with Gasteiger partial charge in [0.15, 0.2) is 6.61 Å². The number of benzene rings is 1. The van der Waals surface area contributed by atoms with Gasteiger partial charge in [-0.1, -0.05) is 25.1 Å². The highest BCUT2D eigenvalue weighted by Gasteiger charge is 2.41. The number of hydrogen-bond donors (Lipinski definition) is 2. The zero-order valence-corrected chi connectivity index (χ0v) is 12.3. The van der Waals surface area contributed by atoms with Crippen LogP contribution in [0.1, 0.15) is 32.3 Å². The first kappa shape index (κ1) is 14.9. The molecule has 0 aliphatic heterocycles. The molecule has 4 nitrogen and oxygen atoms in total. The maximum absolute atomic E-state index is 12.0. The highest BCUT2D eigenvalue weighted by molar-refractivity contribution is 5.78. The highest BCUT2D eigenvalue weighted by Crippen LogP contribution is 2.38. The summed E-state index contributed by atoms with van der Waals surface area (Å²) in [4.78, 5) is 12.0. The van der Waals surface area contributed by atoms with Crippen LogP contribution in [0.15, 0.2) is 24.3 Å². The molecule has 2 rings (SSSR count). The number of nitrogens with two attached hydrogens (primary N) is 1. The van der Waals surface area contributed by atoms with E-state index in [1.165, 1.54) is 0 Å². The molecule has 0 radical (unpaired) electrons. The van der Waals surface area contributed by atoms with E-state index in [1.54, 1.807) is 0 Å². The number of nitrogens with one attached hydrogen (secondary N) is 1. The van der Waals surface area contributed by atoms with Crippen molar-refractivity contribution in [3.05, 3.63) is 29.8 Å². The second-order valence-corrected chi connectivity index (χ2v) is 5.69. The van der Waals surface area contributed by atoms with Crippen molar-refractivity contribution in [2.45, 2.75) is 38.6 Å². The Morgan fingerprint density at radius 2 is 2.15 bits per heavy atom. The third kappa shape index (κ3) is 3.51. The Hall–Kier alpha value is -1.55. The van der Waals surface area contributed by atoms with E-state index in [0.717, 1.165) is 30.6 Å². The quantitative estimate of drug-likeness (QED) is 0.799. The largest absolute Gasteiger partial charge is 0.483 e. The molecule has 0 saturated heterocycles. The van der Waals surface area contributed by atoms with Crippen LogP contribution in [0.3, 0.4) is 0 Å². The average Bonchev–Trinajstić information content (AvgIpc) is 3.30. The molecule has 0 aromatic heterocycles. The zero-order valence-electron chi connectivity index (χ0n) is 12.3. The summed E-state index contributed by atoms with van der Waals surface area (Å²) in [5.74, 6) is 1.20. The van der Waals surface area contributed by atoms with Gasteiger partial charge in [-0.15, -0.1) is 0 Å². The van der Waals surface area contributed by atoms with Crippen molar-refractivity contribution in [1.82, 2.24) is 5.32 Å². The summed E-state index contributed by atoms with van der Waals surface area (Å²) in [5.41, 5.74) is 6.62. The summed E-state index contributed by atoms with van der Waals surface area (Å²) >= 11 is 0. The van der Waals surface area contributed by atoms with Crippen LogP contribution in [0.2, 0.25) is 0 Å². The number of rotatable bonds is 7. The second-order valence-electron chi connectivity index (χ2n) is 5.69. The summed E-state index contributed by atoms with van der Waals surface area (Å²) in [6.07, 6.45) is 3.18. The van der Waals surface area contributed by atoms with E-state index in [1.807, 2.05) is 31.2 Å². The van der Waals surface area contributed by atoms with Gasteiger partial charge in [0.2, 0.25) is 0 Å². The van der Waals surface area contributed by atoms with E-state index in [0.29, 0.717) is 12.5 Å². The maximum atomic E-state index is 12.0. The predicted octanol–water partition coefficient (Wildman–Crippen LogP) is 1.87. The molecule has 1 aliphatic carbocycles. The minimum absolute atomic E-state index is 0.0410. The smallest absolute Gasteiger partial charge is 0.258 e. The lowest BCUT2D eigenvalue weighted by Crippen LogP contribution is -2.54. The Bertz CT molecular complexity index is 471. The van der Waals surface area contributed by atoms with Crippen molar-refractivity contribution in [3.63, 3.8) is 0 Å². The summed E-state index contributed by atoms with van der Waals surface area (Å²) in [7, 11) is 0. The standard InChI is InChI=1S/C16H24N2O2/c1-3-12-6-4-5-7-14(12)20-10-15(19)18-16(2,11-17)13-8-9-13/h4-7,13H,3,8-11,17H2,1-2H3,(H,18,19). The molecule has 1 unspecified atom stereocenters. The molecule has 0 spiro atoms. The Morgan fingerprint density at radius 1 is 1.45 bits per heavy atom. The van der Waals surface area contributed by atoms with Crippen LogP contribution in [0, 0.1) is 5.92 Å². The molecule has 1 saturated carbocycles. The van der Waals surface area contributed by atoms with Crippen LogP contribution in [0.4, 0.5) is 0 Å². The molecule has 1 aliphatic rings. The van der Waals surface area contributed by atoms with Crippen molar-refractivity contribution in [3.8, 4) is 5.75 Å². The van der Waals surface area contributed by atoms with Crippen molar-refractivity contribution in [2.75, 3.05) is 13.2 Å². The fourth-order valence-electron chi connectivity index (χ4n) is 2.47. The van der Waals surface area contributed by atoms with Crippen molar-refractivity contribution in [2.24, 2.45) is 11.7 Å². The van der Waals surface area contributed by atoms with Crippen LogP contribution < -0.4 is 15.8 Å². The van der Waals surface area contributed by atoms with E-state index in [-0.39, 0.29) is 18.1 Å². The Balaban J connectivity index is 1.88. The first-order valence-electron chi connectivity index (χ1n) is 7.31. The zero-order chi connectivity index (χ0) is 14.6. The summed E-state index contributed by atoms with van der Waals surface area (Å²) in [6.45, 7) is 4.59. The Labute approximate surface area is 120 Å². The van der Waals surface area contributed by atoms with Crippen LogP contribution in [-0.2, 0) is 11.2 Å². The van der Waals surface area contributed by atoms with Crippen molar-refractivity contribution >= 4 is 5.91 Å². The minimum atomic E-state index is -0.287. The number of carbonyl (C=O) groups excluding carboxylic acids is 1. The van der Waals surface area contributed by atoms with Gasteiger partial charge in [0.05, 0.1) is 5.54 Å². The van der Waals surface area contributed by atoms with Crippen LogP contribution in [0.5, 0.6) is 5.75 Å². The maximum Gasteiger partial charge on any atom is 0.258 e. The molecular weight excluding hydrogens is 252 g/mol. The predicted molar refractivity (Wildman–Crippen MR) is 79.6 cm³/mol. The van der Waals surface area contributed by atoms with Gasteiger partial charge in [0.1, 0.15) is 5.75 Å². The molecule has 0 heterocycles. The molecule has 1 amide bonds. The average molecular weight is 276 g/mol. The third-order valence-electron chi connectivity index (χ3n) is 4.04. The molecule has 1 atom stereocenters. The second kappa shape index (κ2) is 6.27. The first-order chi connectivity index (χ1) is 9.59. The molecule has 3 N–H and O–H groups in total. The fourth-order valence-corrected chi connectivity index (χ4v) is 2.47. The lowest BCUT2D eigenvalue weighted by Gasteiger charge is -2.29. The van der Waals surface area contributed by atoms with E-state index >= 15 is 0 Å². The minimum Gasteiger partial charge on any atom is -0.483 e. The van der Waals surface area contributed by atoms with Crippen LogP contribution in [0.25, 0.3) is 0 Å². The molecule has 20 heavy (non-hydrogen) atoms. The number of para-hydroxylation sites is 1. The van der Waals surface area contributed by atoms with E-state index in [2.05, 4.69) is 12.2 Å². The van der Waals surface area contributed by atoms with E-state index < -0.39 is 0 Å². The Kier molecular flexibility index (Phi) is 4.65. The molecule has 1 fully saturated rings. The van der Waals surface area contributed by atoms with Crippen LogP contribution in [-0.4, -0.2) is 24.6 Å². The van der Waals surface area contributed by atoms with Gasteiger partial charge in [-0.2, -0.15) is 0 Å². The van der Waals surface area contributed by atoms with Gasteiger partial charge < -0.3 is 15.8 Å². The highest BCUT2D eigenvalue weighted by atomic mass is 16.5. The van der Waals surface area contributed by atoms with Gasteiger partial charge in [-0.25, -0.2) is 0 Å². The summed E-state index contributed by atoms with van der Waals surface area (Å²) in [5, 5.41) is 3.02. The Morgan fingerprint density at radius 3 is 2.75 bits per heavy atom. The molecule has 4 heteroatoms. The van der Waals surface area contributed by atoms with Crippen molar-refractivity contribution < 1.29 is 9.53 Å². The lowest BCUT2D eigenvalue weighted by molar-refractivity contribution is -0.125. The number of carbonyl (C=O) groups is 1. The number of hydrogen-bond acceptors (Lipinski definition) is 3. The fraction of sp³-hybridized carbons (Fsp3) is 0.562. The van der Waals surface area contributed by atoms with Crippen LogP contribution >= 0.6 is 0 Å².